The summed E-state index contributed by atoms with van der Waals surface area (Å²) in [5, 5.41) is 23.1. The van der Waals surface area contributed by atoms with Crippen LogP contribution < -0.4 is 28.9 Å². The van der Waals surface area contributed by atoms with Crippen molar-refractivity contribution in [1.82, 2.24) is 9.88 Å². The summed E-state index contributed by atoms with van der Waals surface area (Å²) in [6.07, 6.45) is 5.39. The first-order valence-corrected chi connectivity index (χ1v) is 17.2. The maximum atomic E-state index is 14.1. The van der Waals surface area contributed by atoms with Crippen LogP contribution in [0.2, 0.25) is 10.0 Å². The SMILES string of the molecule is COc1ccc([C@H](Cc2c(Cl)c[n+](O)cc2Cl)c2cc(CN(C(=O)O[C@H]3CN4CCC3CC4)c3cccnc3OC)ccc2C(=O)[O-])cc1OC. The third-order valence-electron chi connectivity index (χ3n) is 9.64. The van der Waals surface area contributed by atoms with E-state index in [-0.39, 0.29) is 46.5 Å². The van der Waals surface area contributed by atoms with Crippen LogP contribution in [0.1, 0.15) is 51.4 Å². The van der Waals surface area contributed by atoms with E-state index in [0.717, 1.165) is 30.7 Å². The summed E-state index contributed by atoms with van der Waals surface area (Å²) >= 11 is 13.2. The number of benzene rings is 2. The number of halogens is 2. The lowest BCUT2D eigenvalue weighted by atomic mass is 9.82. The number of piperidine rings is 3. The van der Waals surface area contributed by atoms with E-state index in [0.29, 0.717) is 46.0 Å². The number of hydrogen-bond donors (Lipinski definition) is 1. The molecule has 5 heterocycles. The number of hydrogen-bond acceptors (Lipinski definition) is 10. The number of methoxy groups -OCH3 is 3. The first kappa shape index (κ1) is 36.0. The van der Waals surface area contributed by atoms with Gasteiger partial charge in [-0.1, -0.05) is 47.5 Å². The van der Waals surface area contributed by atoms with Gasteiger partial charge < -0.3 is 28.8 Å². The molecule has 0 unspecified atom stereocenters. The zero-order valence-corrected chi connectivity index (χ0v) is 29.9. The zero-order chi connectivity index (χ0) is 36.2. The number of carboxylic acids is 1. The van der Waals surface area contributed by atoms with Crippen LogP contribution in [-0.4, -0.2) is 74.2 Å². The fourth-order valence-electron chi connectivity index (χ4n) is 7.01. The summed E-state index contributed by atoms with van der Waals surface area (Å²) in [5.41, 5.74) is 2.42. The Kier molecular flexibility index (Phi) is 11.0. The van der Waals surface area contributed by atoms with Gasteiger partial charge in [-0.05, 0) is 79.2 Å². The molecule has 4 aromatic rings. The van der Waals surface area contributed by atoms with Crippen LogP contribution in [0.15, 0.2) is 67.1 Å². The van der Waals surface area contributed by atoms with Gasteiger partial charge in [0.2, 0.25) is 18.3 Å². The quantitative estimate of drug-likeness (QED) is 0.158. The summed E-state index contributed by atoms with van der Waals surface area (Å²) in [5.74, 6) is -0.656. The largest absolute Gasteiger partial charge is 0.545 e. The molecule has 0 saturated carbocycles. The van der Waals surface area contributed by atoms with Gasteiger partial charge >= 0.3 is 6.09 Å². The Morgan fingerprint density at radius 2 is 1.75 bits per heavy atom. The van der Waals surface area contributed by atoms with Crippen molar-refractivity contribution < 1.29 is 43.6 Å². The van der Waals surface area contributed by atoms with Gasteiger partial charge in [0.1, 0.15) is 21.8 Å². The van der Waals surface area contributed by atoms with E-state index < -0.39 is 18.0 Å². The lowest BCUT2D eigenvalue weighted by Gasteiger charge is -2.44. The molecule has 2 atom stereocenters. The predicted octanol–water partition coefficient (Wildman–Crippen LogP) is 4.91. The number of carboxylic acid groups (broad SMARTS) is 1. The molecule has 12 nitrogen and oxygen atoms in total. The smallest absolute Gasteiger partial charge is 0.415 e. The molecule has 2 aromatic carbocycles. The summed E-state index contributed by atoms with van der Waals surface area (Å²) in [7, 11) is 4.50. The highest BCUT2D eigenvalue weighted by atomic mass is 35.5. The fourth-order valence-corrected chi connectivity index (χ4v) is 7.62. The summed E-state index contributed by atoms with van der Waals surface area (Å²) in [6, 6.07) is 13.5. The fraction of sp³-hybridized carbons (Fsp3) is 0.351. The lowest BCUT2D eigenvalue weighted by molar-refractivity contribution is -0.904. The molecule has 1 amide bonds. The van der Waals surface area contributed by atoms with Crippen LogP contribution in [0.4, 0.5) is 10.5 Å². The van der Waals surface area contributed by atoms with E-state index in [2.05, 4.69) is 9.88 Å². The number of carbonyl (C=O) groups is 2. The zero-order valence-electron chi connectivity index (χ0n) is 28.4. The van der Waals surface area contributed by atoms with Crippen molar-refractivity contribution in [3.8, 4) is 17.4 Å². The van der Waals surface area contributed by atoms with Crippen LogP contribution in [-0.2, 0) is 17.7 Å². The van der Waals surface area contributed by atoms with Crippen LogP contribution in [0.5, 0.6) is 17.4 Å². The summed E-state index contributed by atoms with van der Waals surface area (Å²) in [6.45, 7) is 2.66. The number of amides is 1. The second-order valence-electron chi connectivity index (χ2n) is 12.6. The van der Waals surface area contributed by atoms with Crippen molar-refractivity contribution >= 4 is 41.0 Å². The standard InChI is InChI=1S/C37H38Cl2N4O8/c1-48-32-9-7-24(16-33(32)49-2)26(17-28-29(38)19-42(47)20-30(28)39)27-15-22(6-8-25(27)36(44)45)18-43(31-5-4-12-40-35(31)50-3)37(46)51-34-21-41-13-10-23(34)11-14-41/h4-9,12,15-16,19-20,23,26,34H,10-11,13-14,17-18,21H2,1-3H3,(H-,44,45,47)/t26-,34-/m0/s1. The number of nitrogens with zero attached hydrogens (tertiary/aromatic N) is 4. The van der Waals surface area contributed by atoms with E-state index in [4.69, 9.17) is 42.1 Å². The molecule has 0 spiro atoms. The third kappa shape index (κ3) is 7.78. The number of rotatable bonds is 12. The number of aromatic nitrogens is 2. The molecule has 51 heavy (non-hydrogen) atoms. The van der Waals surface area contributed by atoms with Gasteiger partial charge in [0.05, 0.1) is 33.8 Å². The van der Waals surface area contributed by atoms with Gasteiger partial charge in [-0.3, -0.25) is 15.0 Å². The van der Waals surface area contributed by atoms with Crippen molar-refractivity contribution in [3.05, 3.63) is 105 Å². The van der Waals surface area contributed by atoms with Gasteiger partial charge in [0, 0.05) is 34.5 Å². The van der Waals surface area contributed by atoms with Gasteiger partial charge in [-0.15, -0.1) is 0 Å². The highest BCUT2D eigenvalue weighted by Gasteiger charge is 2.38. The second-order valence-corrected chi connectivity index (χ2v) is 13.4. The molecule has 2 bridgehead atoms. The average Bonchev–Trinajstić information content (AvgIpc) is 3.13. The predicted molar refractivity (Wildman–Crippen MR) is 186 cm³/mol. The van der Waals surface area contributed by atoms with Gasteiger partial charge in [0.15, 0.2) is 11.5 Å². The van der Waals surface area contributed by atoms with Gasteiger partial charge in [-0.25, -0.2) is 9.78 Å². The van der Waals surface area contributed by atoms with Crippen LogP contribution in [0.3, 0.4) is 0 Å². The van der Waals surface area contributed by atoms with Crippen molar-refractivity contribution in [1.29, 1.82) is 0 Å². The minimum atomic E-state index is -1.40. The molecule has 3 saturated heterocycles. The summed E-state index contributed by atoms with van der Waals surface area (Å²) in [4.78, 5) is 34.8. The molecule has 268 valence electrons. The number of anilines is 1. The summed E-state index contributed by atoms with van der Waals surface area (Å²) < 4.78 is 23.5. The molecule has 0 aliphatic carbocycles. The van der Waals surface area contributed by atoms with Crippen molar-refractivity contribution in [2.75, 3.05) is 45.9 Å². The third-order valence-corrected chi connectivity index (χ3v) is 10.3. The number of ether oxygens (including phenoxy) is 4. The molecule has 7 rings (SSSR count). The molecular weight excluding hydrogens is 699 g/mol. The number of aromatic carboxylic acids is 1. The molecule has 3 aliphatic heterocycles. The molecule has 0 radical (unpaired) electrons. The monoisotopic (exact) mass is 736 g/mol. The average molecular weight is 738 g/mol. The van der Waals surface area contributed by atoms with E-state index in [1.807, 2.05) is 0 Å². The van der Waals surface area contributed by atoms with E-state index in [9.17, 15) is 19.9 Å². The molecule has 1 N–H and O–H groups in total. The first-order valence-electron chi connectivity index (χ1n) is 16.4. The van der Waals surface area contributed by atoms with Crippen LogP contribution in [0, 0.1) is 5.92 Å². The van der Waals surface area contributed by atoms with E-state index >= 15 is 0 Å². The maximum absolute atomic E-state index is 14.1. The van der Waals surface area contributed by atoms with E-state index in [1.165, 1.54) is 44.7 Å². The second kappa shape index (κ2) is 15.6. The Labute approximate surface area is 305 Å². The minimum absolute atomic E-state index is 0.00166. The maximum Gasteiger partial charge on any atom is 0.415 e. The minimum Gasteiger partial charge on any atom is -0.545 e. The van der Waals surface area contributed by atoms with Gasteiger partial charge in [-0.2, -0.15) is 0 Å². The van der Waals surface area contributed by atoms with Gasteiger partial charge in [0.25, 0.3) is 0 Å². The van der Waals surface area contributed by atoms with Crippen molar-refractivity contribution in [3.63, 3.8) is 0 Å². The molecule has 3 fully saturated rings. The lowest BCUT2D eigenvalue weighted by Crippen LogP contribution is -2.53. The number of pyridine rings is 2. The Morgan fingerprint density at radius 3 is 2.37 bits per heavy atom. The highest BCUT2D eigenvalue weighted by Crippen LogP contribution is 2.40. The molecule has 14 heteroatoms. The number of carbonyl (C=O) groups excluding carboxylic acids is 2. The van der Waals surface area contributed by atoms with Crippen molar-refractivity contribution in [2.45, 2.75) is 37.8 Å². The van der Waals surface area contributed by atoms with Crippen molar-refractivity contribution in [2.24, 2.45) is 5.92 Å². The Morgan fingerprint density at radius 1 is 1.02 bits per heavy atom. The number of fused-ring (bicyclic) bond motifs is 3. The first-order chi connectivity index (χ1) is 24.6. The molecule has 3 aliphatic rings. The topological polar surface area (TPSA) is 138 Å². The molecular formula is C37H38Cl2N4O8. The van der Waals surface area contributed by atoms with Crippen LogP contribution >= 0.6 is 23.2 Å². The Bertz CT molecular complexity index is 1900. The van der Waals surface area contributed by atoms with Crippen LogP contribution in [0.25, 0.3) is 0 Å². The normalized spacial score (nSPS) is 18.5. The Hall–Kier alpha value is -4.78. The molecule has 2 aromatic heterocycles. The Balaban J connectivity index is 1.44. The highest BCUT2D eigenvalue weighted by molar-refractivity contribution is 6.35. The van der Waals surface area contributed by atoms with E-state index in [1.54, 1.807) is 48.7 Å².